The molecule has 0 saturated carbocycles. The first-order valence-corrected chi connectivity index (χ1v) is 10.6. The van der Waals surface area contributed by atoms with Crippen molar-refractivity contribution in [2.45, 2.75) is 25.6 Å². The maximum absolute atomic E-state index is 14.7. The van der Waals surface area contributed by atoms with Crippen molar-refractivity contribution in [1.29, 1.82) is 0 Å². The second-order valence-electron chi connectivity index (χ2n) is 7.86. The smallest absolute Gasteiger partial charge is 0.340 e. The molecule has 3 aromatic rings. The average Bonchev–Trinajstić information content (AvgIpc) is 3.22. The molecule has 1 fully saturated rings. The number of nitrogens with one attached hydrogen (secondary N) is 2. The number of halogens is 6. The highest BCUT2D eigenvalue weighted by Crippen LogP contribution is 2.26. The van der Waals surface area contributed by atoms with Gasteiger partial charge in [0.1, 0.15) is 28.9 Å². The zero-order valence-corrected chi connectivity index (χ0v) is 18.4. The van der Waals surface area contributed by atoms with Gasteiger partial charge in [0.15, 0.2) is 17.3 Å². The van der Waals surface area contributed by atoms with Crippen LogP contribution in [-0.2, 0) is 0 Å². The Kier molecular flexibility index (Phi) is 6.37. The molecule has 1 aliphatic rings. The summed E-state index contributed by atoms with van der Waals surface area (Å²) in [5.41, 5.74) is -3.28. The number of rotatable bonds is 5. The molecule has 8 nitrogen and oxygen atoms in total. The Morgan fingerprint density at radius 1 is 1.17 bits per heavy atom. The van der Waals surface area contributed by atoms with Gasteiger partial charge in [-0.05, 0) is 18.6 Å². The van der Waals surface area contributed by atoms with Gasteiger partial charge >= 0.3 is 12.2 Å². The zero-order chi connectivity index (χ0) is 26.4. The Balaban J connectivity index is 1.97. The first-order valence-electron chi connectivity index (χ1n) is 10.6. The Morgan fingerprint density at radius 3 is 2.39 bits per heavy atom. The van der Waals surface area contributed by atoms with Crippen LogP contribution in [0.5, 0.6) is 0 Å². The Morgan fingerprint density at radius 2 is 1.83 bits per heavy atom. The molecule has 190 valence electrons. The van der Waals surface area contributed by atoms with Crippen LogP contribution in [0.25, 0.3) is 16.7 Å². The standard InChI is InChI=1S/C22H17F6N5O3/c1-2-15(22(26,27)28)30-20(35)12-9-33(17-13(24)7-10(23)8-14(17)25)19-11(18(12)34)3-4-16(31-19)32-6-5-29-21(32)36/h3-4,7-9,15H,2,5-6H2,1H3,(H,29,36)(H,30,35)/t15-/m0/s1. The topological polar surface area (TPSA) is 96.3 Å². The van der Waals surface area contributed by atoms with E-state index in [0.29, 0.717) is 22.9 Å². The number of hydrogen-bond acceptors (Lipinski definition) is 4. The number of alkyl halides is 3. The predicted molar refractivity (Wildman–Crippen MR) is 116 cm³/mol. The number of nitrogens with zero attached hydrogens (tertiary/aromatic N) is 3. The molecule has 2 N–H and O–H groups in total. The summed E-state index contributed by atoms with van der Waals surface area (Å²) in [6, 6.07) is 0.237. The molecule has 2 aromatic heterocycles. The molecule has 14 heteroatoms. The first kappa shape index (κ1) is 25.0. The summed E-state index contributed by atoms with van der Waals surface area (Å²) < 4.78 is 83.1. The fraction of sp³-hybridized carbons (Fsp3) is 0.273. The molecule has 0 bridgehead atoms. The number of urea groups is 1. The monoisotopic (exact) mass is 513 g/mol. The van der Waals surface area contributed by atoms with E-state index in [4.69, 9.17) is 0 Å². The summed E-state index contributed by atoms with van der Waals surface area (Å²) in [7, 11) is 0. The molecule has 1 saturated heterocycles. The lowest BCUT2D eigenvalue weighted by atomic mass is 10.1. The van der Waals surface area contributed by atoms with E-state index >= 15 is 0 Å². The average molecular weight is 513 g/mol. The number of pyridine rings is 2. The van der Waals surface area contributed by atoms with Gasteiger partial charge in [0.2, 0.25) is 5.43 Å². The van der Waals surface area contributed by atoms with Gasteiger partial charge in [-0.3, -0.25) is 19.1 Å². The van der Waals surface area contributed by atoms with Gasteiger partial charge in [-0.15, -0.1) is 0 Å². The summed E-state index contributed by atoms with van der Waals surface area (Å²) in [5.74, 6) is -5.57. The van der Waals surface area contributed by atoms with Gasteiger partial charge in [-0.1, -0.05) is 6.92 Å². The second-order valence-corrected chi connectivity index (χ2v) is 7.86. The summed E-state index contributed by atoms with van der Waals surface area (Å²) in [5, 5.41) is 3.85. The van der Waals surface area contributed by atoms with Crippen molar-refractivity contribution in [3.8, 4) is 5.69 Å². The summed E-state index contributed by atoms with van der Waals surface area (Å²) >= 11 is 0. The van der Waals surface area contributed by atoms with Gasteiger partial charge in [-0.25, -0.2) is 22.9 Å². The number of anilines is 1. The van der Waals surface area contributed by atoms with Crippen molar-refractivity contribution < 1.29 is 35.9 Å². The third kappa shape index (κ3) is 4.45. The lowest BCUT2D eigenvalue weighted by Crippen LogP contribution is -2.46. The van der Waals surface area contributed by atoms with Crippen LogP contribution in [0, 0.1) is 17.5 Å². The van der Waals surface area contributed by atoms with Crippen molar-refractivity contribution in [3.63, 3.8) is 0 Å². The third-order valence-electron chi connectivity index (χ3n) is 5.55. The highest BCUT2D eigenvalue weighted by Gasteiger charge is 2.40. The molecule has 0 aliphatic carbocycles. The van der Waals surface area contributed by atoms with Crippen LogP contribution >= 0.6 is 0 Å². The summed E-state index contributed by atoms with van der Waals surface area (Å²) in [6.45, 7) is 1.64. The Labute approximate surface area is 198 Å². The quantitative estimate of drug-likeness (QED) is 0.512. The summed E-state index contributed by atoms with van der Waals surface area (Å²) in [6.07, 6.45) is -4.73. The molecule has 0 unspecified atom stereocenters. The van der Waals surface area contributed by atoms with Crippen molar-refractivity contribution >= 4 is 28.8 Å². The Bertz CT molecular complexity index is 1420. The van der Waals surface area contributed by atoms with E-state index in [1.165, 1.54) is 17.9 Å². The van der Waals surface area contributed by atoms with E-state index in [9.17, 15) is 40.7 Å². The molecule has 4 rings (SSSR count). The Hall–Kier alpha value is -4.10. The van der Waals surface area contributed by atoms with E-state index in [1.54, 1.807) is 5.32 Å². The normalized spacial score (nSPS) is 14.8. The van der Waals surface area contributed by atoms with E-state index in [1.807, 2.05) is 0 Å². The third-order valence-corrected chi connectivity index (χ3v) is 5.55. The van der Waals surface area contributed by atoms with Crippen molar-refractivity contribution in [2.24, 2.45) is 0 Å². The molecule has 3 heterocycles. The molecule has 1 aromatic carbocycles. The van der Waals surface area contributed by atoms with Crippen LogP contribution in [0.15, 0.2) is 35.3 Å². The molecule has 3 amide bonds. The number of carbonyl (C=O) groups excluding carboxylic acids is 2. The van der Waals surface area contributed by atoms with E-state index in [0.717, 1.165) is 6.07 Å². The highest BCUT2D eigenvalue weighted by atomic mass is 19.4. The molecule has 36 heavy (non-hydrogen) atoms. The number of aromatic nitrogens is 2. The minimum atomic E-state index is -4.82. The van der Waals surface area contributed by atoms with Gasteiger partial charge in [0.25, 0.3) is 5.91 Å². The molecular formula is C22H17F6N5O3. The summed E-state index contributed by atoms with van der Waals surface area (Å²) in [4.78, 5) is 43.1. The SMILES string of the molecule is CC[C@H](NC(=O)c1cn(-c2c(F)cc(F)cc2F)c2nc(N3CCNC3=O)ccc2c1=O)C(F)(F)F. The largest absolute Gasteiger partial charge is 0.408 e. The molecule has 1 aliphatic heterocycles. The minimum Gasteiger partial charge on any atom is -0.340 e. The van der Waals surface area contributed by atoms with Crippen LogP contribution in [0.4, 0.5) is 37.0 Å². The van der Waals surface area contributed by atoms with Gasteiger partial charge in [0, 0.05) is 31.4 Å². The van der Waals surface area contributed by atoms with Crippen molar-refractivity contribution in [2.75, 3.05) is 18.0 Å². The van der Waals surface area contributed by atoms with Gasteiger partial charge in [0.05, 0.1) is 5.39 Å². The van der Waals surface area contributed by atoms with Gasteiger partial charge < -0.3 is 10.6 Å². The van der Waals surface area contributed by atoms with Gasteiger partial charge in [-0.2, -0.15) is 13.2 Å². The van der Waals surface area contributed by atoms with Crippen LogP contribution in [0.1, 0.15) is 23.7 Å². The number of benzene rings is 1. The first-order chi connectivity index (χ1) is 16.9. The van der Waals surface area contributed by atoms with E-state index in [-0.39, 0.29) is 24.3 Å². The van der Waals surface area contributed by atoms with Crippen LogP contribution in [0.2, 0.25) is 0 Å². The lowest BCUT2D eigenvalue weighted by molar-refractivity contribution is -0.153. The molecule has 1 atom stereocenters. The van der Waals surface area contributed by atoms with Crippen LogP contribution in [-0.4, -0.2) is 46.8 Å². The predicted octanol–water partition coefficient (Wildman–Crippen LogP) is 3.40. The van der Waals surface area contributed by atoms with Crippen LogP contribution in [0.3, 0.4) is 0 Å². The van der Waals surface area contributed by atoms with E-state index < -0.39 is 70.4 Å². The van der Waals surface area contributed by atoms with Crippen molar-refractivity contribution in [3.05, 3.63) is 63.7 Å². The fourth-order valence-corrected chi connectivity index (χ4v) is 3.78. The minimum absolute atomic E-state index is 0.00565. The number of hydrogen-bond donors (Lipinski definition) is 2. The highest BCUT2D eigenvalue weighted by molar-refractivity contribution is 5.98. The molecule has 0 spiro atoms. The zero-order valence-electron chi connectivity index (χ0n) is 18.4. The van der Waals surface area contributed by atoms with Crippen LogP contribution < -0.4 is 21.0 Å². The second kappa shape index (κ2) is 9.17. The maximum atomic E-state index is 14.7. The van der Waals surface area contributed by atoms with E-state index in [2.05, 4.69) is 10.3 Å². The maximum Gasteiger partial charge on any atom is 0.408 e. The van der Waals surface area contributed by atoms with Crippen molar-refractivity contribution in [1.82, 2.24) is 20.2 Å². The molecular weight excluding hydrogens is 496 g/mol. The lowest BCUT2D eigenvalue weighted by Gasteiger charge is -2.21. The number of fused-ring (bicyclic) bond motifs is 1. The molecule has 0 radical (unpaired) electrons. The fourth-order valence-electron chi connectivity index (χ4n) is 3.78. The number of carbonyl (C=O) groups is 2. The number of amides is 3.